The van der Waals surface area contributed by atoms with Crippen LogP contribution < -0.4 is 0 Å². The van der Waals surface area contributed by atoms with Crippen molar-refractivity contribution >= 4 is 76.5 Å². The van der Waals surface area contributed by atoms with Crippen molar-refractivity contribution in [1.29, 1.82) is 0 Å². The van der Waals surface area contributed by atoms with Crippen LogP contribution >= 0.6 is 0 Å². The molecule has 0 bridgehead atoms. The lowest BCUT2D eigenvalue weighted by Crippen LogP contribution is -1.99. The van der Waals surface area contributed by atoms with Crippen molar-refractivity contribution in [3.63, 3.8) is 0 Å². The van der Waals surface area contributed by atoms with Crippen LogP contribution in [0, 0.1) is 0 Å². The van der Waals surface area contributed by atoms with Crippen LogP contribution in [0.5, 0.6) is 0 Å². The number of fused-ring (bicyclic) bond motifs is 3. The van der Waals surface area contributed by atoms with Gasteiger partial charge in [-0.25, -0.2) is 0 Å². The largest absolute Gasteiger partial charge is 0.309 e. The first-order valence-electron chi connectivity index (χ1n) is 17.9. The highest BCUT2D eigenvalue weighted by molar-refractivity contribution is 6.35. The topological polar surface area (TPSA) is 19.7 Å². The number of rotatable bonds is 4. The Hall–Kier alpha value is -7.04. The van der Waals surface area contributed by atoms with Crippen molar-refractivity contribution in [1.82, 2.24) is 18.3 Å². The molecule has 0 fully saturated rings. The smallest absolute Gasteiger partial charge is 0.0562 e. The van der Waals surface area contributed by atoms with Crippen molar-refractivity contribution in [2.24, 2.45) is 0 Å². The van der Waals surface area contributed by atoms with Gasteiger partial charge in [-0.2, -0.15) is 0 Å². The summed E-state index contributed by atoms with van der Waals surface area (Å²) in [6.45, 7) is 0. The van der Waals surface area contributed by atoms with Crippen LogP contribution in [0.3, 0.4) is 0 Å². The minimum Gasteiger partial charge on any atom is -0.309 e. The number of hydrogen-bond donors (Lipinski definition) is 0. The maximum atomic E-state index is 2.52. The third-order valence-corrected chi connectivity index (χ3v) is 11.1. The van der Waals surface area contributed by atoms with Crippen LogP contribution in [0.15, 0.2) is 182 Å². The first-order valence-corrected chi connectivity index (χ1v) is 17.9. The zero-order chi connectivity index (χ0) is 33.9. The molecule has 0 saturated heterocycles. The normalized spacial score (nSPS) is 12.2. The van der Waals surface area contributed by atoms with Crippen LogP contribution in [0.1, 0.15) is 0 Å². The highest BCUT2D eigenvalue weighted by Gasteiger charge is 2.26. The average molecular weight is 663 g/mol. The number of nitrogens with zero attached hydrogens (tertiary/aromatic N) is 4. The molecule has 0 spiro atoms. The predicted molar refractivity (Wildman–Crippen MR) is 217 cm³/mol. The summed E-state index contributed by atoms with van der Waals surface area (Å²) >= 11 is 0. The molecule has 0 aliphatic carbocycles. The van der Waals surface area contributed by atoms with E-state index in [1.807, 2.05) is 0 Å². The molecule has 0 aliphatic heterocycles. The highest BCUT2D eigenvalue weighted by atomic mass is 15.0. The quantitative estimate of drug-likeness (QED) is 0.179. The molecule has 4 heterocycles. The molecule has 242 valence electrons. The number of para-hydroxylation sites is 4. The Morgan fingerprint density at radius 2 is 0.558 bits per heavy atom. The molecule has 12 aromatic rings. The fourth-order valence-electron chi connectivity index (χ4n) is 9.11. The van der Waals surface area contributed by atoms with Crippen LogP contribution in [0.4, 0.5) is 0 Å². The molecule has 8 aromatic carbocycles. The van der Waals surface area contributed by atoms with E-state index in [1.54, 1.807) is 0 Å². The van der Waals surface area contributed by atoms with Gasteiger partial charge in [-0.1, -0.05) is 84.9 Å². The minimum atomic E-state index is 1.14. The first kappa shape index (κ1) is 27.7. The lowest BCUT2D eigenvalue weighted by atomic mass is 10.1. The van der Waals surface area contributed by atoms with Crippen LogP contribution in [-0.2, 0) is 0 Å². The summed E-state index contributed by atoms with van der Waals surface area (Å²) in [4.78, 5) is 0. The molecule has 12 rings (SSSR count). The van der Waals surface area contributed by atoms with Crippen molar-refractivity contribution in [3.8, 4) is 22.7 Å². The summed E-state index contributed by atoms with van der Waals surface area (Å²) in [6, 6.07) is 66.4. The fourth-order valence-corrected chi connectivity index (χ4v) is 9.11. The van der Waals surface area contributed by atoms with Crippen LogP contribution in [-0.4, -0.2) is 18.3 Å². The molecule has 4 heteroatoms. The van der Waals surface area contributed by atoms with Gasteiger partial charge in [0.25, 0.3) is 0 Å². The summed E-state index contributed by atoms with van der Waals surface area (Å²) in [7, 11) is 0. The van der Waals surface area contributed by atoms with Crippen molar-refractivity contribution in [3.05, 3.63) is 182 Å². The van der Waals surface area contributed by atoms with Gasteiger partial charge in [0, 0.05) is 55.1 Å². The Labute approximate surface area is 298 Å². The number of aromatic nitrogens is 4. The summed E-state index contributed by atoms with van der Waals surface area (Å²) in [5, 5.41) is 7.60. The van der Waals surface area contributed by atoms with Crippen molar-refractivity contribution in [2.75, 3.05) is 0 Å². The van der Waals surface area contributed by atoms with E-state index in [-0.39, 0.29) is 0 Å². The van der Waals surface area contributed by atoms with Gasteiger partial charge < -0.3 is 18.3 Å². The summed E-state index contributed by atoms with van der Waals surface area (Å²) in [5.74, 6) is 0. The SMILES string of the molecule is c1ccc(-n2c3ccccc3c3cc(-n4c5cccc6c5c5c7c8c(cccc84)n(-c4ccccc4)c7ccc5n6-c4ccccc4)ccc32)cc1. The maximum absolute atomic E-state index is 2.52. The zero-order valence-electron chi connectivity index (χ0n) is 28.1. The van der Waals surface area contributed by atoms with Gasteiger partial charge in [0.2, 0.25) is 0 Å². The van der Waals surface area contributed by atoms with E-state index >= 15 is 0 Å². The third kappa shape index (κ3) is 3.55. The van der Waals surface area contributed by atoms with Crippen LogP contribution in [0.2, 0.25) is 0 Å². The lowest BCUT2D eigenvalue weighted by Gasteiger charge is -2.14. The van der Waals surface area contributed by atoms with E-state index < -0.39 is 0 Å². The lowest BCUT2D eigenvalue weighted by molar-refractivity contribution is 1.16. The standard InChI is InChI=1S/C48H30N4/c1-4-14-31(15-5-1)49-37-21-11-10-20-35(37)36-30-34(26-27-38(36)49)52-41-24-12-22-39-45(41)47-43(50(39)32-16-6-2-7-17-32)28-29-44-48(47)46-40(23-13-25-42(46)52)51(44)33-18-8-3-9-19-33/h1-30H. The molecule has 0 N–H and O–H groups in total. The molecule has 0 saturated carbocycles. The summed E-state index contributed by atoms with van der Waals surface area (Å²) in [6.07, 6.45) is 0. The zero-order valence-corrected chi connectivity index (χ0v) is 28.1. The molecular formula is C48H30N4. The Balaban J connectivity index is 1.29. The van der Waals surface area contributed by atoms with E-state index in [1.165, 1.54) is 76.5 Å². The van der Waals surface area contributed by atoms with Crippen LogP contribution in [0.25, 0.3) is 99.2 Å². The molecule has 4 aromatic heterocycles. The Morgan fingerprint density at radius 3 is 1.06 bits per heavy atom. The Morgan fingerprint density at radius 1 is 0.212 bits per heavy atom. The second kappa shape index (κ2) is 10.3. The third-order valence-electron chi connectivity index (χ3n) is 11.1. The number of benzene rings is 8. The molecule has 0 aliphatic rings. The average Bonchev–Trinajstić information content (AvgIpc) is 3.82. The molecule has 0 radical (unpaired) electrons. The molecule has 52 heavy (non-hydrogen) atoms. The second-order valence-corrected chi connectivity index (χ2v) is 13.8. The van der Waals surface area contributed by atoms with Gasteiger partial charge in [0.05, 0.1) is 44.1 Å². The van der Waals surface area contributed by atoms with Gasteiger partial charge in [0.15, 0.2) is 0 Å². The van der Waals surface area contributed by atoms with Crippen molar-refractivity contribution in [2.45, 2.75) is 0 Å². The molecular weight excluding hydrogens is 633 g/mol. The predicted octanol–water partition coefficient (Wildman–Crippen LogP) is 12.4. The van der Waals surface area contributed by atoms with Gasteiger partial charge in [-0.3, -0.25) is 0 Å². The molecule has 0 atom stereocenters. The monoisotopic (exact) mass is 662 g/mol. The summed E-state index contributed by atoms with van der Waals surface area (Å²) < 4.78 is 9.80. The Bertz CT molecular complexity index is 3180. The molecule has 0 unspecified atom stereocenters. The minimum absolute atomic E-state index is 1.14. The van der Waals surface area contributed by atoms with E-state index in [0.29, 0.717) is 0 Å². The maximum Gasteiger partial charge on any atom is 0.0562 e. The van der Waals surface area contributed by atoms with E-state index in [4.69, 9.17) is 0 Å². The van der Waals surface area contributed by atoms with Crippen molar-refractivity contribution < 1.29 is 0 Å². The molecule has 4 nitrogen and oxygen atoms in total. The van der Waals surface area contributed by atoms with Gasteiger partial charge in [-0.15, -0.1) is 0 Å². The van der Waals surface area contributed by atoms with E-state index in [0.717, 1.165) is 22.7 Å². The first-order chi connectivity index (χ1) is 25.8. The molecule has 0 amide bonds. The fraction of sp³-hybridized carbons (Fsp3) is 0. The summed E-state index contributed by atoms with van der Waals surface area (Å²) in [5.41, 5.74) is 14.2. The second-order valence-electron chi connectivity index (χ2n) is 13.8. The van der Waals surface area contributed by atoms with Gasteiger partial charge in [0.1, 0.15) is 0 Å². The van der Waals surface area contributed by atoms with E-state index in [2.05, 4.69) is 200 Å². The Kier molecular flexibility index (Phi) is 5.47. The number of hydrogen-bond acceptors (Lipinski definition) is 0. The van der Waals surface area contributed by atoms with Gasteiger partial charge >= 0.3 is 0 Å². The highest BCUT2D eigenvalue weighted by Crippen LogP contribution is 2.47. The van der Waals surface area contributed by atoms with Gasteiger partial charge in [-0.05, 0) is 97.1 Å². The van der Waals surface area contributed by atoms with E-state index in [9.17, 15) is 0 Å².